The van der Waals surface area contributed by atoms with E-state index < -0.39 is 5.97 Å². The second-order valence-corrected chi connectivity index (χ2v) is 6.32. The molecule has 4 rings (SSSR count). The Balaban J connectivity index is 2.19. The minimum atomic E-state index is -0.451. The summed E-state index contributed by atoms with van der Waals surface area (Å²) >= 11 is 3.52. The third-order valence-corrected chi connectivity index (χ3v) is 4.45. The number of pyridine rings is 1. The van der Waals surface area contributed by atoms with Gasteiger partial charge in [0.25, 0.3) is 0 Å². The van der Waals surface area contributed by atoms with Crippen LogP contribution in [0.25, 0.3) is 28.0 Å². The van der Waals surface area contributed by atoms with Gasteiger partial charge in [-0.2, -0.15) is 0 Å². The molecule has 0 amide bonds. The van der Waals surface area contributed by atoms with Crippen LogP contribution in [0.1, 0.15) is 23.1 Å². The van der Waals surface area contributed by atoms with Crippen molar-refractivity contribution in [1.82, 2.24) is 9.55 Å². The predicted molar refractivity (Wildman–Crippen MR) is 91.0 cm³/mol. The molecule has 0 bridgehead atoms. The fourth-order valence-corrected chi connectivity index (χ4v) is 3.33. The molecule has 5 nitrogen and oxygen atoms in total. The van der Waals surface area contributed by atoms with Crippen LogP contribution in [0.15, 0.2) is 34.5 Å². The Morgan fingerprint density at radius 3 is 2.96 bits per heavy atom. The highest BCUT2D eigenvalue weighted by Crippen LogP contribution is 2.35. The maximum atomic E-state index is 11.9. The number of ether oxygens (including phenoxy) is 2. The third-order valence-electron chi connectivity index (χ3n) is 3.96. The molecular weight excluding hydrogens is 360 g/mol. The van der Waals surface area contributed by atoms with E-state index in [9.17, 15) is 4.79 Å². The van der Waals surface area contributed by atoms with Crippen molar-refractivity contribution in [3.63, 3.8) is 0 Å². The maximum Gasteiger partial charge on any atom is 0.356 e. The Bertz CT molecular complexity index is 1000. The van der Waals surface area contributed by atoms with Crippen molar-refractivity contribution < 1.29 is 14.3 Å². The van der Waals surface area contributed by atoms with E-state index in [0.29, 0.717) is 6.61 Å². The van der Waals surface area contributed by atoms with Gasteiger partial charge < -0.3 is 14.0 Å². The molecule has 116 valence electrons. The molecule has 0 N–H and O–H groups in total. The molecule has 1 aliphatic heterocycles. The van der Waals surface area contributed by atoms with Gasteiger partial charge in [-0.05, 0) is 31.2 Å². The molecule has 0 fully saturated rings. The van der Waals surface area contributed by atoms with Crippen molar-refractivity contribution in [3.8, 4) is 0 Å². The first-order valence-corrected chi connectivity index (χ1v) is 7.90. The van der Waals surface area contributed by atoms with E-state index in [1.54, 1.807) is 6.07 Å². The van der Waals surface area contributed by atoms with Crippen LogP contribution in [0.4, 0.5) is 0 Å². The third kappa shape index (κ3) is 2.13. The summed E-state index contributed by atoms with van der Waals surface area (Å²) < 4.78 is 13.6. The molecule has 0 spiro atoms. The van der Waals surface area contributed by atoms with Crippen LogP contribution < -0.4 is 0 Å². The van der Waals surface area contributed by atoms with Gasteiger partial charge in [0, 0.05) is 21.4 Å². The van der Waals surface area contributed by atoms with Crippen molar-refractivity contribution in [2.24, 2.45) is 0 Å². The van der Waals surface area contributed by atoms with E-state index in [4.69, 9.17) is 9.47 Å². The first kappa shape index (κ1) is 14.3. The van der Waals surface area contributed by atoms with Gasteiger partial charge in [-0.25, -0.2) is 9.78 Å². The number of hydrogen-bond acceptors (Lipinski definition) is 4. The molecular formula is C17H13BrN2O3. The number of benzene rings is 1. The second kappa shape index (κ2) is 5.09. The molecule has 0 aliphatic carbocycles. The van der Waals surface area contributed by atoms with Crippen molar-refractivity contribution in [3.05, 3.63) is 45.9 Å². The lowest BCUT2D eigenvalue weighted by Crippen LogP contribution is -2.07. The number of carbonyl (C=O) groups is 1. The first-order chi connectivity index (χ1) is 11.1. The largest absolute Gasteiger partial charge is 0.490 e. The van der Waals surface area contributed by atoms with Gasteiger partial charge in [0.2, 0.25) is 0 Å². The lowest BCUT2D eigenvalue weighted by atomic mass is 10.1. The Kier molecular flexibility index (Phi) is 3.16. The van der Waals surface area contributed by atoms with E-state index in [-0.39, 0.29) is 5.69 Å². The summed E-state index contributed by atoms with van der Waals surface area (Å²) in [6, 6.07) is 7.86. The first-order valence-electron chi connectivity index (χ1n) is 7.11. The maximum absolute atomic E-state index is 11.9. The van der Waals surface area contributed by atoms with E-state index in [2.05, 4.69) is 25.5 Å². The monoisotopic (exact) mass is 372 g/mol. The Labute approximate surface area is 140 Å². The van der Waals surface area contributed by atoms with Crippen LogP contribution in [0.5, 0.6) is 0 Å². The average Bonchev–Trinajstić information content (AvgIpc) is 2.73. The van der Waals surface area contributed by atoms with Crippen molar-refractivity contribution in [2.45, 2.75) is 13.5 Å². The molecule has 2 aromatic heterocycles. The normalized spacial score (nSPS) is 13.6. The van der Waals surface area contributed by atoms with Crippen molar-refractivity contribution in [1.29, 1.82) is 0 Å². The number of carbonyl (C=O) groups excluding carboxylic acids is 1. The highest BCUT2D eigenvalue weighted by atomic mass is 79.9. The van der Waals surface area contributed by atoms with Crippen LogP contribution in [-0.2, 0) is 16.1 Å². The lowest BCUT2D eigenvalue weighted by molar-refractivity contribution is 0.0593. The van der Waals surface area contributed by atoms with Crippen LogP contribution in [-0.4, -0.2) is 22.6 Å². The number of rotatable bonds is 1. The lowest BCUT2D eigenvalue weighted by Gasteiger charge is -2.06. The van der Waals surface area contributed by atoms with Crippen LogP contribution >= 0.6 is 15.9 Å². The Morgan fingerprint density at radius 1 is 1.35 bits per heavy atom. The number of methoxy groups -OCH3 is 1. The van der Waals surface area contributed by atoms with Gasteiger partial charge >= 0.3 is 5.97 Å². The number of aromatic nitrogens is 2. The van der Waals surface area contributed by atoms with Gasteiger partial charge in [-0.3, -0.25) is 0 Å². The quantitative estimate of drug-likeness (QED) is 0.603. The van der Waals surface area contributed by atoms with E-state index >= 15 is 0 Å². The Morgan fingerprint density at radius 2 is 2.17 bits per heavy atom. The topological polar surface area (TPSA) is 53.4 Å². The standard InChI is InChI=1S/C17H13BrN2O3/c1-9-7-20-15-4-3-10(18)5-11(15)12-6-13(17(21)22-2)19-14(8-23-9)16(12)20/h3-7H,8H2,1-2H3. The highest BCUT2D eigenvalue weighted by molar-refractivity contribution is 9.10. The number of nitrogens with zero attached hydrogens (tertiary/aromatic N) is 2. The van der Waals surface area contributed by atoms with Crippen LogP contribution in [0, 0.1) is 0 Å². The Hall–Kier alpha value is -2.34. The molecule has 3 heterocycles. The molecule has 0 saturated carbocycles. The number of esters is 1. The molecule has 0 saturated heterocycles. The molecule has 6 heteroatoms. The molecule has 1 aliphatic rings. The van der Waals surface area contributed by atoms with Gasteiger partial charge in [-0.15, -0.1) is 0 Å². The minimum Gasteiger partial charge on any atom is -0.490 e. The average molecular weight is 373 g/mol. The summed E-state index contributed by atoms with van der Waals surface area (Å²) in [5.74, 6) is 0.345. The van der Waals surface area contributed by atoms with E-state index in [1.807, 2.05) is 31.3 Å². The number of fused-ring (bicyclic) bond motifs is 3. The SMILES string of the molecule is COC(=O)c1cc2c3cc(Br)ccc3n3c2c(n1)COC(C)=C3. The molecule has 1 aromatic carbocycles. The summed E-state index contributed by atoms with van der Waals surface area (Å²) in [7, 11) is 1.36. The van der Waals surface area contributed by atoms with E-state index in [1.165, 1.54) is 7.11 Å². The molecule has 23 heavy (non-hydrogen) atoms. The van der Waals surface area contributed by atoms with Crippen molar-refractivity contribution in [2.75, 3.05) is 7.11 Å². The van der Waals surface area contributed by atoms with Gasteiger partial charge in [0.05, 0.1) is 18.1 Å². The molecule has 0 atom stereocenters. The predicted octanol–water partition coefficient (Wildman–Crippen LogP) is 4.09. The fraction of sp³-hybridized carbons (Fsp3) is 0.176. The number of halogens is 1. The van der Waals surface area contributed by atoms with Gasteiger partial charge in [0.1, 0.15) is 23.8 Å². The highest BCUT2D eigenvalue weighted by Gasteiger charge is 2.21. The summed E-state index contributed by atoms with van der Waals surface area (Å²) in [4.78, 5) is 16.4. The van der Waals surface area contributed by atoms with Gasteiger partial charge in [0.15, 0.2) is 0 Å². The summed E-state index contributed by atoms with van der Waals surface area (Å²) in [6.45, 7) is 2.23. The zero-order valence-electron chi connectivity index (χ0n) is 12.6. The van der Waals surface area contributed by atoms with Crippen LogP contribution in [0.3, 0.4) is 0 Å². The molecule has 0 radical (unpaired) electrons. The van der Waals surface area contributed by atoms with Gasteiger partial charge in [-0.1, -0.05) is 15.9 Å². The smallest absolute Gasteiger partial charge is 0.356 e. The minimum absolute atomic E-state index is 0.289. The fourth-order valence-electron chi connectivity index (χ4n) is 2.96. The zero-order chi connectivity index (χ0) is 16.1. The van der Waals surface area contributed by atoms with Crippen LogP contribution in [0.2, 0.25) is 0 Å². The second-order valence-electron chi connectivity index (χ2n) is 5.40. The molecule has 0 unspecified atom stereocenters. The van der Waals surface area contributed by atoms with Crippen molar-refractivity contribution >= 4 is 49.9 Å². The zero-order valence-corrected chi connectivity index (χ0v) is 14.2. The molecule has 3 aromatic rings. The summed E-state index contributed by atoms with van der Waals surface area (Å²) in [6.07, 6.45) is 1.95. The number of hydrogen-bond donors (Lipinski definition) is 0. The number of allylic oxidation sites excluding steroid dienone is 1. The summed E-state index contributed by atoms with van der Waals surface area (Å²) in [5.41, 5.74) is 3.02. The van der Waals surface area contributed by atoms with E-state index in [0.717, 1.165) is 37.7 Å². The summed E-state index contributed by atoms with van der Waals surface area (Å²) in [5, 5.41) is 2.01.